The van der Waals surface area contributed by atoms with E-state index >= 15 is 0 Å². The van der Waals surface area contributed by atoms with E-state index in [9.17, 15) is 22.8 Å². The van der Waals surface area contributed by atoms with E-state index in [-0.39, 0.29) is 17.5 Å². The molecular weight excluding hydrogens is 478 g/mol. The molecule has 0 spiro atoms. The highest BCUT2D eigenvalue weighted by atomic mass is 32.2. The van der Waals surface area contributed by atoms with Gasteiger partial charge in [0.1, 0.15) is 11.5 Å². The quantitative estimate of drug-likeness (QED) is 0.410. The number of ether oxygens (including phenoxy) is 1. The predicted molar refractivity (Wildman–Crippen MR) is 130 cm³/mol. The summed E-state index contributed by atoms with van der Waals surface area (Å²) in [6.07, 6.45) is 6.45. The standard InChI is InChI=1S/C23H29N3O6S2/c1-3-12-26-18-11-10-16(22(29)32-4-2)13-19(18)33-23(26)25-21(28)15-34(30,31)14-20(27)24-17-8-6-5-7-9-17/h3,10-11,13,17H,1,4-9,12,14-15H2,2H3,(H,24,27). The SMILES string of the molecule is C=CCn1c(=NC(=O)CS(=O)(=O)CC(=O)NC2CCCCC2)sc2cc(C(=O)OCC)ccc21. The van der Waals surface area contributed by atoms with Crippen LogP contribution in [0.1, 0.15) is 49.4 Å². The fourth-order valence-corrected chi connectivity index (χ4v) is 6.02. The molecule has 1 aromatic heterocycles. The number of fused-ring (bicyclic) bond motifs is 1. The number of carbonyl (C=O) groups excluding carboxylic acids is 3. The molecule has 184 valence electrons. The van der Waals surface area contributed by atoms with Gasteiger partial charge in [-0.15, -0.1) is 6.58 Å². The molecule has 0 unspecified atom stereocenters. The summed E-state index contributed by atoms with van der Waals surface area (Å²) in [5, 5.41) is 2.75. The van der Waals surface area contributed by atoms with Gasteiger partial charge in [-0.1, -0.05) is 36.7 Å². The number of carbonyl (C=O) groups is 3. The van der Waals surface area contributed by atoms with Crippen molar-refractivity contribution in [1.82, 2.24) is 9.88 Å². The van der Waals surface area contributed by atoms with Gasteiger partial charge in [0, 0.05) is 12.6 Å². The lowest BCUT2D eigenvalue weighted by Gasteiger charge is -2.22. The number of amides is 2. The molecule has 1 aliphatic carbocycles. The largest absolute Gasteiger partial charge is 0.462 e. The molecule has 9 nitrogen and oxygen atoms in total. The van der Waals surface area contributed by atoms with E-state index in [4.69, 9.17) is 4.74 Å². The van der Waals surface area contributed by atoms with E-state index in [0.29, 0.717) is 16.8 Å². The maximum Gasteiger partial charge on any atom is 0.338 e. The molecule has 0 atom stereocenters. The zero-order chi connectivity index (χ0) is 24.7. The van der Waals surface area contributed by atoms with Gasteiger partial charge in [0.25, 0.3) is 5.91 Å². The van der Waals surface area contributed by atoms with E-state index in [1.807, 2.05) is 0 Å². The summed E-state index contributed by atoms with van der Waals surface area (Å²) in [7, 11) is -3.97. The monoisotopic (exact) mass is 507 g/mol. The first-order valence-corrected chi connectivity index (χ1v) is 13.8. The number of hydrogen-bond donors (Lipinski definition) is 1. The minimum absolute atomic E-state index is 0.00671. The molecule has 0 bridgehead atoms. The lowest BCUT2D eigenvalue weighted by molar-refractivity contribution is -0.119. The van der Waals surface area contributed by atoms with E-state index < -0.39 is 39.1 Å². The van der Waals surface area contributed by atoms with Gasteiger partial charge in [0.15, 0.2) is 14.6 Å². The Morgan fingerprint density at radius 1 is 1.24 bits per heavy atom. The number of aromatic nitrogens is 1. The Hall–Kier alpha value is -2.79. The molecule has 0 radical (unpaired) electrons. The van der Waals surface area contributed by atoms with E-state index in [1.165, 1.54) is 0 Å². The van der Waals surface area contributed by atoms with Gasteiger partial charge < -0.3 is 14.6 Å². The number of nitrogens with zero attached hydrogens (tertiary/aromatic N) is 2. The molecule has 1 saturated carbocycles. The normalized spacial score (nSPS) is 15.3. The van der Waals surface area contributed by atoms with Crippen LogP contribution in [0.4, 0.5) is 0 Å². The second kappa shape index (κ2) is 11.6. The van der Waals surface area contributed by atoms with Crippen LogP contribution in [0.3, 0.4) is 0 Å². The fraction of sp³-hybridized carbons (Fsp3) is 0.478. The van der Waals surface area contributed by atoms with Crippen molar-refractivity contribution >= 4 is 49.2 Å². The number of allylic oxidation sites excluding steroid dienone is 1. The van der Waals surface area contributed by atoms with Crippen LogP contribution in [0.5, 0.6) is 0 Å². The van der Waals surface area contributed by atoms with Crippen molar-refractivity contribution in [2.45, 2.75) is 51.6 Å². The number of hydrogen-bond acceptors (Lipinski definition) is 7. The van der Waals surface area contributed by atoms with Crippen molar-refractivity contribution in [2.75, 3.05) is 18.1 Å². The molecule has 0 aliphatic heterocycles. The maximum atomic E-state index is 12.5. The Labute approximate surface area is 202 Å². The summed E-state index contributed by atoms with van der Waals surface area (Å²) in [5.41, 5.74) is 1.09. The van der Waals surface area contributed by atoms with Gasteiger partial charge in [0.2, 0.25) is 5.91 Å². The Kier molecular flexibility index (Phi) is 8.78. The zero-order valence-corrected chi connectivity index (χ0v) is 20.8. The van der Waals surface area contributed by atoms with Crippen LogP contribution in [0.2, 0.25) is 0 Å². The minimum atomic E-state index is -3.97. The topological polar surface area (TPSA) is 124 Å². The third kappa shape index (κ3) is 6.86. The predicted octanol–water partition coefficient (Wildman–Crippen LogP) is 2.36. The molecule has 1 fully saturated rings. The number of rotatable bonds is 9. The van der Waals surface area contributed by atoms with Crippen molar-refractivity contribution in [3.8, 4) is 0 Å². The molecule has 1 heterocycles. The van der Waals surface area contributed by atoms with E-state index in [2.05, 4.69) is 16.9 Å². The summed E-state index contributed by atoms with van der Waals surface area (Å²) in [6.45, 7) is 6.02. The molecule has 34 heavy (non-hydrogen) atoms. The summed E-state index contributed by atoms with van der Waals surface area (Å²) >= 11 is 1.15. The first kappa shape index (κ1) is 25.8. The van der Waals surface area contributed by atoms with Gasteiger partial charge in [-0.05, 0) is 38.0 Å². The van der Waals surface area contributed by atoms with Crippen molar-refractivity contribution in [1.29, 1.82) is 0 Å². The zero-order valence-electron chi connectivity index (χ0n) is 19.1. The molecule has 1 aliphatic rings. The van der Waals surface area contributed by atoms with Crippen LogP contribution in [-0.2, 0) is 30.7 Å². The van der Waals surface area contributed by atoms with Crippen molar-refractivity contribution in [2.24, 2.45) is 4.99 Å². The summed E-state index contributed by atoms with van der Waals surface area (Å²) in [6, 6.07) is 4.98. The third-order valence-electron chi connectivity index (χ3n) is 5.39. The molecule has 0 saturated heterocycles. The number of esters is 1. The van der Waals surface area contributed by atoms with Gasteiger partial charge in [-0.25, -0.2) is 13.2 Å². The van der Waals surface area contributed by atoms with Crippen LogP contribution < -0.4 is 10.1 Å². The van der Waals surface area contributed by atoms with E-state index in [1.54, 1.807) is 35.8 Å². The Balaban J connectivity index is 1.77. The highest BCUT2D eigenvalue weighted by Gasteiger charge is 2.23. The first-order chi connectivity index (χ1) is 16.2. The first-order valence-electron chi connectivity index (χ1n) is 11.2. The average molecular weight is 508 g/mol. The molecule has 1 aromatic carbocycles. The van der Waals surface area contributed by atoms with Crippen LogP contribution in [0.25, 0.3) is 10.2 Å². The number of benzene rings is 1. The molecule has 2 aromatic rings. The second-order valence-corrected chi connectivity index (χ2v) is 11.2. The average Bonchev–Trinajstić information content (AvgIpc) is 3.10. The fourth-order valence-electron chi connectivity index (χ4n) is 3.90. The highest BCUT2D eigenvalue weighted by molar-refractivity contribution is 7.92. The van der Waals surface area contributed by atoms with Crippen molar-refractivity contribution in [3.05, 3.63) is 41.2 Å². The number of sulfone groups is 1. The summed E-state index contributed by atoms with van der Waals surface area (Å²) in [4.78, 5) is 41.0. The molecule has 1 N–H and O–H groups in total. The molecule has 3 rings (SSSR count). The van der Waals surface area contributed by atoms with Gasteiger partial charge >= 0.3 is 5.97 Å². The Morgan fingerprint density at radius 3 is 2.65 bits per heavy atom. The van der Waals surface area contributed by atoms with E-state index in [0.717, 1.165) is 49.0 Å². The summed E-state index contributed by atoms with van der Waals surface area (Å²) < 4.78 is 32.3. The number of thiazole rings is 1. The van der Waals surface area contributed by atoms with Crippen LogP contribution in [0.15, 0.2) is 35.8 Å². The van der Waals surface area contributed by atoms with Gasteiger partial charge in [0.05, 0.1) is 22.4 Å². The number of nitrogens with one attached hydrogen (secondary N) is 1. The van der Waals surface area contributed by atoms with Crippen LogP contribution >= 0.6 is 11.3 Å². The van der Waals surface area contributed by atoms with Crippen LogP contribution in [0, 0.1) is 0 Å². The Bertz CT molecular complexity index is 1250. The van der Waals surface area contributed by atoms with Gasteiger partial charge in [-0.3, -0.25) is 9.59 Å². The molecule has 2 amide bonds. The highest BCUT2D eigenvalue weighted by Crippen LogP contribution is 2.20. The minimum Gasteiger partial charge on any atom is -0.462 e. The third-order valence-corrected chi connectivity index (χ3v) is 7.82. The summed E-state index contributed by atoms with van der Waals surface area (Å²) in [5.74, 6) is -3.51. The second-order valence-electron chi connectivity index (χ2n) is 8.13. The van der Waals surface area contributed by atoms with Crippen molar-refractivity contribution in [3.63, 3.8) is 0 Å². The lowest BCUT2D eigenvalue weighted by Crippen LogP contribution is -2.40. The maximum absolute atomic E-state index is 12.5. The molecule has 11 heteroatoms. The smallest absolute Gasteiger partial charge is 0.338 e. The van der Waals surface area contributed by atoms with Gasteiger partial charge in [-0.2, -0.15) is 4.99 Å². The lowest BCUT2D eigenvalue weighted by atomic mass is 9.95. The van der Waals surface area contributed by atoms with Crippen LogP contribution in [-0.4, -0.2) is 54.9 Å². The Morgan fingerprint density at radius 2 is 1.97 bits per heavy atom. The molecular formula is C23H29N3O6S2. The van der Waals surface area contributed by atoms with Crippen molar-refractivity contribution < 1.29 is 27.5 Å².